The maximum absolute atomic E-state index is 13.5. The van der Waals surface area contributed by atoms with Gasteiger partial charge in [0, 0.05) is 41.2 Å². The second-order valence-electron chi connectivity index (χ2n) is 8.08. The van der Waals surface area contributed by atoms with Crippen molar-refractivity contribution in [3.05, 3.63) is 70.2 Å². The van der Waals surface area contributed by atoms with Crippen molar-refractivity contribution < 1.29 is 9.59 Å². The first-order valence-electron chi connectivity index (χ1n) is 10.1. The van der Waals surface area contributed by atoms with E-state index >= 15 is 0 Å². The highest BCUT2D eigenvalue weighted by molar-refractivity contribution is 6.30. The maximum Gasteiger partial charge on any atom is 0.256 e. The van der Waals surface area contributed by atoms with Gasteiger partial charge in [-0.15, -0.1) is 0 Å². The molecule has 4 nitrogen and oxygen atoms in total. The fraction of sp³-hybridized carbons (Fsp3) is 0.391. The summed E-state index contributed by atoms with van der Waals surface area (Å²) < 4.78 is 0. The van der Waals surface area contributed by atoms with E-state index in [9.17, 15) is 9.59 Å². The van der Waals surface area contributed by atoms with Crippen LogP contribution in [-0.4, -0.2) is 34.7 Å². The molecule has 3 aliphatic rings. The average molecular weight is 395 g/mol. The molecule has 2 fully saturated rings. The topological polar surface area (TPSA) is 40.6 Å². The normalized spacial score (nSPS) is 24.0. The summed E-state index contributed by atoms with van der Waals surface area (Å²) in [6, 6.07) is 15.3. The van der Waals surface area contributed by atoms with E-state index in [0.717, 1.165) is 24.0 Å². The van der Waals surface area contributed by atoms with Crippen LogP contribution in [0.25, 0.3) is 0 Å². The van der Waals surface area contributed by atoms with Crippen molar-refractivity contribution in [2.45, 2.75) is 37.8 Å². The second-order valence-corrected chi connectivity index (χ2v) is 8.52. The number of carbonyl (C=O) groups is 2. The van der Waals surface area contributed by atoms with Gasteiger partial charge in [-0.3, -0.25) is 9.59 Å². The number of carbonyl (C=O) groups excluding carboxylic acids is 2. The lowest BCUT2D eigenvalue weighted by atomic mass is 9.89. The van der Waals surface area contributed by atoms with Gasteiger partial charge in [0.1, 0.15) is 0 Å². The quantitative estimate of drug-likeness (QED) is 0.773. The van der Waals surface area contributed by atoms with Gasteiger partial charge in [-0.05, 0) is 37.0 Å². The van der Waals surface area contributed by atoms with Crippen LogP contribution in [0.15, 0.2) is 48.5 Å². The number of hydrogen-bond donors (Lipinski definition) is 0. The minimum atomic E-state index is -0.853. The highest BCUT2D eigenvalue weighted by atomic mass is 35.5. The Morgan fingerprint density at radius 2 is 1.75 bits per heavy atom. The molecule has 5 heteroatoms. The molecule has 0 radical (unpaired) electrons. The lowest BCUT2D eigenvalue weighted by Crippen LogP contribution is -2.51. The Morgan fingerprint density at radius 3 is 2.50 bits per heavy atom. The molecule has 0 spiro atoms. The molecule has 1 aliphatic carbocycles. The largest absolute Gasteiger partial charge is 0.310 e. The van der Waals surface area contributed by atoms with Crippen molar-refractivity contribution in [1.29, 1.82) is 0 Å². The molecule has 2 heterocycles. The van der Waals surface area contributed by atoms with E-state index in [1.165, 1.54) is 12.8 Å². The van der Waals surface area contributed by atoms with E-state index in [-0.39, 0.29) is 11.8 Å². The van der Waals surface area contributed by atoms with Gasteiger partial charge < -0.3 is 9.80 Å². The number of benzene rings is 2. The Bertz CT molecular complexity index is 936. The van der Waals surface area contributed by atoms with Gasteiger partial charge in [0.05, 0.1) is 0 Å². The van der Waals surface area contributed by atoms with Gasteiger partial charge in [-0.1, -0.05) is 54.8 Å². The van der Waals surface area contributed by atoms with Gasteiger partial charge in [-0.25, -0.2) is 0 Å². The Labute approximate surface area is 170 Å². The molecule has 2 amide bonds. The van der Waals surface area contributed by atoms with Crippen LogP contribution < -0.4 is 0 Å². The van der Waals surface area contributed by atoms with E-state index in [1.807, 2.05) is 58.3 Å². The van der Waals surface area contributed by atoms with E-state index in [2.05, 4.69) is 0 Å². The number of amides is 2. The first-order chi connectivity index (χ1) is 13.6. The molecule has 2 aromatic carbocycles. The van der Waals surface area contributed by atoms with Gasteiger partial charge in [0.2, 0.25) is 5.91 Å². The van der Waals surface area contributed by atoms with E-state index in [4.69, 9.17) is 11.6 Å². The standard InChI is InChI=1S/C23H23ClN2O2/c24-18-11-9-17(10-12-18)23-20-8-4-3-7-19(20)22(28)26(23)14-13-25(23)21(27)15-16-5-1-2-6-16/h3-4,7-12,16H,1-2,5-6,13-15H2. The lowest BCUT2D eigenvalue weighted by molar-refractivity contribution is -0.137. The van der Waals surface area contributed by atoms with E-state index < -0.39 is 5.66 Å². The summed E-state index contributed by atoms with van der Waals surface area (Å²) in [6.45, 7) is 1.11. The van der Waals surface area contributed by atoms with Crippen molar-refractivity contribution in [1.82, 2.24) is 9.80 Å². The van der Waals surface area contributed by atoms with Crippen LogP contribution in [0.1, 0.15) is 53.6 Å². The van der Waals surface area contributed by atoms with Crippen molar-refractivity contribution in [2.75, 3.05) is 13.1 Å². The molecule has 1 saturated heterocycles. The molecule has 0 aromatic heterocycles. The van der Waals surface area contributed by atoms with Crippen molar-refractivity contribution in [3.63, 3.8) is 0 Å². The first kappa shape index (κ1) is 17.7. The lowest BCUT2D eigenvalue weighted by Gasteiger charge is -2.41. The smallest absolute Gasteiger partial charge is 0.256 e. The molecule has 0 bridgehead atoms. The molecule has 28 heavy (non-hydrogen) atoms. The third kappa shape index (κ3) is 2.44. The van der Waals surface area contributed by atoms with Crippen LogP contribution in [0.3, 0.4) is 0 Å². The number of hydrogen-bond acceptors (Lipinski definition) is 2. The highest BCUT2D eigenvalue weighted by Crippen LogP contribution is 2.50. The zero-order chi connectivity index (χ0) is 19.3. The molecule has 2 aromatic rings. The van der Waals surface area contributed by atoms with Crippen LogP contribution in [0.5, 0.6) is 0 Å². The fourth-order valence-electron chi connectivity index (χ4n) is 5.35. The minimum Gasteiger partial charge on any atom is -0.310 e. The molecule has 144 valence electrons. The van der Waals surface area contributed by atoms with Crippen LogP contribution in [0.4, 0.5) is 0 Å². The van der Waals surface area contributed by atoms with Crippen LogP contribution >= 0.6 is 11.6 Å². The number of rotatable bonds is 3. The molecular weight excluding hydrogens is 372 g/mol. The maximum atomic E-state index is 13.5. The van der Waals surface area contributed by atoms with Gasteiger partial charge in [0.15, 0.2) is 5.66 Å². The SMILES string of the molecule is O=C(CC1CCCC1)N1CCN2C(=O)c3ccccc3C12c1ccc(Cl)cc1. The number of nitrogens with zero attached hydrogens (tertiary/aromatic N) is 2. The van der Waals surface area contributed by atoms with Crippen LogP contribution in [0.2, 0.25) is 5.02 Å². The van der Waals surface area contributed by atoms with Crippen LogP contribution in [0, 0.1) is 5.92 Å². The predicted molar refractivity (Wildman–Crippen MR) is 108 cm³/mol. The molecule has 0 N–H and O–H groups in total. The summed E-state index contributed by atoms with van der Waals surface area (Å²) in [5.74, 6) is 0.617. The Hall–Kier alpha value is -2.33. The molecule has 5 rings (SSSR count). The van der Waals surface area contributed by atoms with Crippen LogP contribution in [-0.2, 0) is 10.5 Å². The third-order valence-electron chi connectivity index (χ3n) is 6.59. The van der Waals surface area contributed by atoms with E-state index in [0.29, 0.717) is 36.0 Å². The second kappa shape index (κ2) is 6.63. The Morgan fingerprint density at radius 1 is 1.04 bits per heavy atom. The van der Waals surface area contributed by atoms with Crippen molar-refractivity contribution in [3.8, 4) is 0 Å². The summed E-state index contributed by atoms with van der Waals surface area (Å²) in [6.07, 6.45) is 5.26. The number of fused-ring (bicyclic) bond motifs is 3. The van der Waals surface area contributed by atoms with E-state index in [1.54, 1.807) is 0 Å². The summed E-state index contributed by atoms with van der Waals surface area (Å²) in [5.41, 5.74) is 1.66. The zero-order valence-electron chi connectivity index (χ0n) is 15.7. The van der Waals surface area contributed by atoms with Gasteiger partial charge in [-0.2, -0.15) is 0 Å². The summed E-state index contributed by atoms with van der Waals surface area (Å²) in [7, 11) is 0. The number of halogens is 1. The monoisotopic (exact) mass is 394 g/mol. The molecular formula is C23H23ClN2O2. The fourth-order valence-corrected chi connectivity index (χ4v) is 5.48. The molecule has 1 saturated carbocycles. The predicted octanol–water partition coefficient (Wildman–Crippen LogP) is 4.42. The molecule has 2 aliphatic heterocycles. The first-order valence-corrected chi connectivity index (χ1v) is 10.5. The molecule has 1 atom stereocenters. The summed E-state index contributed by atoms with van der Waals surface area (Å²) >= 11 is 6.14. The summed E-state index contributed by atoms with van der Waals surface area (Å²) in [5, 5.41) is 0.645. The minimum absolute atomic E-state index is 0.00159. The Balaban J connectivity index is 1.65. The third-order valence-corrected chi connectivity index (χ3v) is 6.84. The van der Waals surface area contributed by atoms with Crippen molar-refractivity contribution in [2.24, 2.45) is 5.92 Å². The van der Waals surface area contributed by atoms with Crippen molar-refractivity contribution >= 4 is 23.4 Å². The average Bonchev–Trinajstić information content (AvgIpc) is 3.40. The van der Waals surface area contributed by atoms with Gasteiger partial charge in [0.25, 0.3) is 5.91 Å². The van der Waals surface area contributed by atoms with Gasteiger partial charge >= 0.3 is 0 Å². The summed E-state index contributed by atoms with van der Waals surface area (Å²) in [4.78, 5) is 30.5. The zero-order valence-corrected chi connectivity index (χ0v) is 16.5. The highest BCUT2D eigenvalue weighted by Gasteiger charge is 2.59. The Kier molecular flexibility index (Phi) is 4.20. The molecule has 1 unspecified atom stereocenters.